The molecule has 0 spiro atoms. The van der Waals surface area contributed by atoms with Crippen LogP contribution in [0.5, 0.6) is 0 Å². The quantitative estimate of drug-likeness (QED) is 0.353. The fourth-order valence-electron chi connectivity index (χ4n) is 3.30. The number of hydrogen-bond acceptors (Lipinski definition) is 7. The van der Waals surface area contributed by atoms with E-state index in [2.05, 4.69) is 20.6 Å². The van der Waals surface area contributed by atoms with Crippen molar-refractivity contribution in [2.75, 3.05) is 12.4 Å². The number of nitrogens with zero attached hydrogens (tertiary/aromatic N) is 3. The van der Waals surface area contributed by atoms with Crippen LogP contribution in [0.2, 0.25) is 0 Å². The standard InChI is InChI=1S/C25H21F2N5O3S/c1-14(28-2)24(34)31-19-11-29-23(16-5-9-18(27)10-6-16)32(25(19)35)12-21-30-20(13-36-21)22(33)15-3-7-17(26)8-4-15/h3-11,13-14,28H,12H2,1-2H3,(H,31,34)/t14-/m0/s1. The minimum Gasteiger partial charge on any atom is -0.319 e. The van der Waals surface area contributed by atoms with E-state index in [1.165, 1.54) is 59.3 Å². The van der Waals surface area contributed by atoms with Crippen LogP contribution in [0, 0.1) is 11.6 Å². The third-order valence-electron chi connectivity index (χ3n) is 5.42. The zero-order valence-electron chi connectivity index (χ0n) is 19.3. The molecule has 4 rings (SSSR count). The van der Waals surface area contributed by atoms with Crippen molar-refractivity contribution in [1.82, 2.24) is 19.9 Å². The lowest BCUT2D eigenvalue weighted by atomic mass is 10.1. The number of rotatable bonds is 8. The van der Waals surface area contributed by atoms with Crippen LogP contribution in [-0.2, 0) is 11.3 Å². The second kappa shape index (κ2) is 10.7. The lowest BCUT2D eigenvalue weighted by Crippen LogP contribution is -2.38. The number of anilines is 1. The Hall–Kier alpha value is -4.09. The van der Waals surface area contributed by atoms with Gasteiger partial charge in [-0.25, -0.2) is 18.7 Å². The molecule has 2 aromatic carbocycles. The molecule has 2 heterocycles. The summed E-state index contributed by atoms with van der Waals surface area (Å²) in [5.74, 6) is -1.47. The van der Waals surface area contributed by atoms with Gasteiger partial charge < -0.3 is 10.6 Å². The Labute approximate surface area is 208 Å². The number of benzene rings is 2. The SMILES string of the molecule is CN[C@@H](C)C(=O)Nc1cnc(-c2ccc(F)cc2)n(Cc2nc(C(=O)c3ccc(F)cc3)cs2)c1=O. The first-order chi connectivity index (χ1) is 17.3. The Morgan fingerprint density at radius 1 is 1.06 bits per heavy atom. The topological polar surface area (TPSA) is 106 Å². The average molecular weight is 510 g/mol. The van der Waals surface area contributed by atoms with Crippen molar-refractivity contribution in [3.8, 4) is 11.4 Å². The maximum atomic E-state index is 13.5. The minimum atomic E-state index is -0.548. The predicted molar refractivity (Wildman–Crippen MR) is 132 cm³/mol. The maximum Gasteiger partial charge on any atom is 0.277 e. The van der Waals surface area contributed by atoms with Crippen molar-refractivity contribution in [3.63, 3.8) is 0 Å². The van der Waals surface area contributed by atoms with Crippen LogP contribution < -0.4 is 16.2 Å². The molecule has 36 heavy (non-hydrogen) atoms. The molecule has 11 heteroatoms. The zero-order valence-corrected chi connectivity index (χ0v) is 20.1. The Balaban J connectivity index is 1.70. The van der Waals surface area contributed by atoms with E-state index < -0.39 is 29.1 Å². The molecule has 1 amide bonds. The fraction of sp³-hybridized carbons (Fsp3) is 0.160. The van der Waals surface area contributed by atoms with Gasteiger partial charge in [-0.3, -0.25) is 19.0 Å². The van der Waals surface area contributed by atoms with Gasteiger partial charge in [0, 0.05) is 16.5 Å². The molecule has 0 aliphatic carbocycles. The lowest BCUT2D eigenvalue weighted by molar-refractivity contribution is -0.117. The van der Waals surface area contributed by atoms with Gasteiger partial charge >= 0.3 is 0 Å². The minimum absolute atomic E-state index is 0.0351. The third-order valence-corrected chi connectivity index (χ3v) is 6.25. The van der Waals surface area contributed by atoms with Gasteiger partial charge in [-0.05, 0) is 62.5 Å². The lowest BCUT2D eigenvalue weighted by Gasteiger charge is -2.15. The summed E-state index contributed by atoms with van der Waals surface area (Å²) in [6.07, 6.45) is 1.25. The first-order valence-electron chi connectivity index (χ1n) is 10.9. The summed E-state index contributed by atoms with van der Waals surface area (Å²) in [5, 5.41) is 7.34. The Bertz CT molecular complexity index is 1470. The highest BCUT2D eigenvalue weighted by Crippen LogP contribution is 2.21. The van der Waals surface area contributed by atoms with Crippen molar-refractivity contribution < 1.29 is 18.4 Å². The van der Waals surface area contributed by atoms with E-state index in [9.17, 15) is 23.2 Å². The maximum absolute atomic E-state index is 13.5. The molecule has 0 saturated carbocycles. The van der Waals surface area contributed by atoms with Gasteiger partial charge in [0.25, 0.3) is 5.56 Å². The number of thiazole rings is 1. The summed E-state index contributed by atoms with van der Waals surface area (Å²) in [6.45, 7) is 1.59. The number of likely N-dealkylation sites (N-methyl/N-ethyl adjacent to an activating group) is 1. The molecular weight excluding hydrogens is 488 g/mol. The largest absolute Gasteiger partial charge is 0.319 e. The van der Waals surface area contributed by atoms with Gasteiger partial charge in [0.2, 0.25) is 11.7 Å². The van der Waals surface area contributed by atoms with Crippen LogP contribution in [0.4, 0.5) is 14.5 Å². The van der Waals surface area contributed by atoms with E-state index in [1.54, 1.807) is 19.4 Å². The van der Waals surface area contributed by atoms with E-state index in [-0.39, 0.29) is 35.1 Å². The van der Waals surface area contributed by atoms with E-state index in [1.807, 2.05) is 0 Å². The number of amides is 1. The molecule has 0 radical (unpaired) electrons. The summed E-state index contributed by atoms with van der Waals surface area (Å²) >= 11 is 1.16. The summed E-state index contributed by atoms with van der Waals surface area (Å²) in [4.78, 5) is 47.1. The van der Waals surface area contributed by atoms with Crippen LogP contribution in [0.15, 0.2) is 64.9 Å². The van der Waals surface area contributed by atoms with E-state index in [0.717, 1.165) is 11.3 Å². The Morgan fingerprint density at radius 3 is 2.33 bits per heavy atom. The molecule has 0 bridgehead atoms. The number of aromatic nitrogens is 3. The summed E-state index contributed by atoms with van der Waals surface area (Å²) in [7, 11) is 1.62. The molecule has 0 unspecified atom stereocenters. The summed E-state index contributed by atoms with van der Waals surface area (Å²) in [6, 6.07) is 10.0. The van der Waals surface area contributed by atoms with Crippen molar-refractivity contribution in [1.29, 1.82) is 0 Å². The van der Waals surface area contributed by atoms with Crippen LogP contribution >= 0.6 is 11.3 Å². The van der Waals surface area contributed by atoms with Crippen molar-refractivity contribution in [2.45, 2.75) is 19.5 Å². The normalized spacial score (nSPS) is 11.8. The monoisotopic (exact) mass is 509 g/mol. The first-order valence-corrected chi connectivity index (χ1v) is 11.7. The highest BCUT2D eigenvalue weighted by atomic mass is 32.1. The van der Waals surface area contributed by atoms with Gasteiger partial charge in [-0.15, -0.1) is 11.3 Å². The Kier molecular flexibility index (Phi) is 7.41. The van der Waals surface area contributed by atoms with Gasteiger partial charge in [0.1, 0.15) is 33.8 Å². The van der Waals surface area contributed by atoms with Crippen LogP contribution in [0.1, 0.15) is 28.0 Å². The Morgan fingerprint density at radius 2 is 1.69 bits per heavy atom. The molecule has 2 N–H and O–H groups in total. The van der Waals surface area contributed by atoms with Gasteiger partial charge in [-0.2, -0.15) is 0 Å². The highest BCUT2D eigenvalue weighted by Gasteiger charge is 2.19. The second-order valence-corrected chi connectivity index (χ2v) is 8.80. The van der Waals surface area contributed by atoms with E-state index in [4.69, 9.17) is 0 Å². The zero-order chi connectivity index (χ0) is 25.8. The molecule has 0 aliphatic heterocycles. The number of hydrogen-bond donors (Lipinski definition) is 2. The molecule has 4 aromatic rings. The molecular formula is C25H21F2N5O3S. The number of halogens is 2. The number of carbonyl (C=O) groups is 2. The number of ketones is 1. The van der Waals surface area contributed by atoms with E-state index in [0.29, 0.717) is 10.6 Å². The first kappa shape index (κ1) is 25.0. The highest BCUT2D eigenvalue weighted by molar-refractivity contribution is 7.09. The van der Waals surface area contributed by atoms with Crippen LogP contribution in [0.3, 0.4) is 0 Å². The summed E-state index contributed by atoms with van der Waals surface area (Å²) < 4.78 is 28.0. The van der Waals surface area contributed by atoms with Crippen molar-refractivity contribution in [3.05, 3.63) is 98.4 Å². The van der Waals surface area contributed by atoms with Gasteiger partial charge in [0.05, 0.1) is 18.8 Å². The van der Waals surface area contributed by atoms with Gasteiger partial charge in [-0.1, -0.05) is 0 Å². The molecule has 8 nitrogen and oxygen atoms in total. The smallest absolute Gasteiger partial charge is 0.277 e. The number of carbonyl (C=O) groups excluding carboxylic acids is 2. The summed E-state index contributed by atoms with van der Waals surface area (Å²) in [5.41, 5.74) is 0.338. The van der Waals surface area contributed by atoms with E-state index >= 15 is 0 Å². The molecule has 1 atom stereocenters. The second-order valence-electron chi connectivity index (χ2n) is 7.86. The third kappa shape index (κ3) is 5.42. The molecule has 184 valence electrons. The predicted octanol–water partition coefficient (Wildman–Crippen LogP) is 3.47. The average Bonchev–Trinajstić information content (AvgIpc) is 3.35. The number of nitrogens with one attached hydrogen (secondary N) is 2. The van der Waals surface area contributed by atoms with Gasteiger partial charge in [0.15, 0.2) is 0 Å². The molecule has 0 fully saturated rings. The molecule has 0 saturated heterocycles. The fourth-order valence-corrected chi connectivity index (χ4v) is 4.06. The molecule has 0 aliphatic rings. The van der Waals surface area contributed by atoms with Crippen LogP contribution in [-0.4, -0.2) is 39.3 Å². The van der Waals surface area contributed by atoms with Crippen molar-refractivity contribution >= 4 is 28.7 Å². The van der Waals surface area contributed by atoms with Crippen molar-refractivity contribution in [2.24, 2.45) is 0 Å². The van der Waals surface area contributed by atoms with Crippen LogP contribution in [0.25, 0.3) is 11.4 Å². The molecule has 2 aromatic heterocycles.